The molecule has 0 saturated carbocycles. The highest BCUT2D eigenvalue weighted by Gasteiger charge is 2.54. The van der Waals surface area contributed by atoms with Gasteiger partial charge in [-0.15, -0.1) is 0 Å². The summed E-state index contributed by atoms with van der Waals surface area (Å²) in [6.45, 7) is 3.82. The molecule has 0 N–H and O–H groups in total. The number of nitrogens with zero attached hydrogens (tertiary/aromatic N) is 3. The Kier molecular flexibility index (Phi) is 4.73. The second-order valence-corrected chi connectivity index (χ2v) is 6.18. The fraction of sp³-hybridized carbons (Fsp3) is 0.562. The maximum atomic E-state index is 12.0. The van der Waals surface area contributed by atoms with E-state index < -0.39 is 24.2 Å². The van der Waals surface area contributed by atoms with Crippen LogP contribution in [0.2, 0.25) is 0 Å². The van der Waals surface area contributed by atoms with Gasteiger partial charge < -0.3 is 18.9 Å². The van der Waals surface area contributed by atoms with Crippen LogP contribution in [0, 0.1) is 5.92 Å². The predicted octanol–water partition coefficient (Wildman–Crippen LogP) is 2.65. The zero-order valence-electron chi connectivity index (χ0n) is 13.5. The number of fused-ring (bicyclic) bond motifs is 1. The predicted molar refractivity (Wildman–Crippen MR) is 82.9 cm³/mol. The summed E-state index contributed by atoms with van der Waals surface area (Å²) in [5.74, 6) is -1.42. The van der Waals surface area contributed by atoms with E-state index >= 15 is 0 Å². The molecule has 0 bridgehead atoms. The summed E-state index contributed by atoms with van der Waals surface area (Å²) >= 11 is 0. The van der Waals surface area contributed by atoms with Crippen molar-refractivity contribution >= 4 is 5.97 Å². The molecule has 1 aromatic carbocycles. The number of ether oxygens (including phenoxy) is 4. The number of carbonyl (C=O) groups is 1. The summed E-state index contributed by atoms with van der Waals surface area (Å²) in [7, 11) is 0. The molecule has 2 saturated heterocycles. The number of azide groups is 1. The van der Waals surface area contributed by atoms with Gasteiger partial charge in [0.05, 0.1) is 5.56 Å². The van der Waals surface area contributed by atoms with Gasteiger partial charge in [0.1, 0.15) is 18.8 Å². The molecule has 128 valence electrons. The highest BCUT2D eigenvalue weighted by Crippen LogP contribution is 2.41. The number of carbonyl (C=O) groups excluding carboxylic acids is 1. The Hall–Kier alpha value is -2.12. The summed E-state index contributed by atoms with van der Waals surface area (Å²) in [5.41, 5.74) is 9.05. The maximum Gasteiger partial charge on any atom is 0.338 e. The normalized spacial score (nSPS) is 30.4. The molecule has 1 aromatic rings. The first-order valence-electron chi connectivity index (χ1n) is 7.74. The van der Waals surface area contributed by atoms with Crippen molar-refractivity contribution in [1.29, 1.82) is 0 Å². The third-order valence-corrected chi connectivity index (χ3v) is 4.04. The molecule has 0 radical (unpaired) electrons. The van der Waals surface area contributed by atoms with Crippen molar-refractivity contribution in [2.75, 3.05) is 13.2 Å². The molecule has 8 nitrogen and oxygen atoms in total. The molecule has 4 atom stereocenters. The standard InChI is InChI=1S/C16H19N3O5/c1-16(2)23-13-11(8-18-19-17)12(22-15(13)24-16)9-21-14(20)10-6-4-3-5-7-10/h3-7,11-13,15H,8-9H2,1-2H3/t11-,12-,13-,15-/m1/s1. The zero-order chi connectivity index (χ0) is 17.2. The molecule has 2 aliphatic heterocycles. The average Bonchev–Trinajstić information content (AvgIpc) is 3.03. The average molecular weight is 333 g/mol. The van der Waals surface area contributed by atoms with E-state index in [2.05, 4.69) is 10.0 Å². The van der Waals surface area contributed by atoms with E-state index in [1.807, 2.05) is 6.07 Å². The van der Waals surface area contributed by atoms with Gasteiger partial charge in [0.2, 0.25) is 0 Å². The van der Waals surface area contributed by atoms with Gasteiger partial charge in [-0.3, -0.25) is 0 Å². The van der Waals surface area contributed by atoms with Crippen LogP contribution >= 0.6 is 0 Å². The van der Waals surface area contributed by atoms with Gasteiger partial charge in [0, 0.05) is 17.4 Å². The van der Waals surface area contributed by atoms with Crippen molar-refractivity contribution in [3.63, 3.8) is 0 Å². The molecule has 0 amide bonds. The van der Waals surface area contributed by atoms with Gasteiger partial charge in [-0.25, -0.2) is 4.79 Å². The molecule has 0 aromatic heterocycles. The van der Waals surface area contributed by atoms with Gasteiger partial charge in [-0.1, -0.05) is 23.3 Å². The lowest BCUT2D eigenvalue weighted by Gasteiger charge is -2.24. The smallest absolute Gasteiger partial charge is 0.338 e. The molecule has 24 heavy (non-hydrogen) atoms. The highest BCUT2D eigenvalue weighted by molar-refractivity contribution is 5.89. The number of rotatable bonds is 5. The molecule has 2 heterocycles. The third-order valence-electron chi connectivity index (χ3n) is 4.04. The number of esters is 1. The fourth-order valence-electron chi connectivity index (χ4n) is 2.97. The summed E-state index contributed by atoms with van der Waals surface area (Å²) < 4.78 is 22.7. The molecule has 2 fully saturated rings. The number of hydrogen-bond acceptors (Lipinski definition) is 6. The Morgan fingerprint density at radius 2 is 2.08 bits per heavy atom. The highest BCUT2D eigenvalue weighted by atomic mass is 16.8. The molecule has 0 spiro atoms. The van der Waals surface area contributed by atoms with Gasteiger partial charge in [-0.05, 0) is 31.5 Å². The lowest BCUT2D eigenvalue weighted by Crippen LogP contribution is -2.34. The Morgan fingerprint density at radius 1 is 1.33 bits per heavy atom. The number of hydrogen-bond donors (Lipinski definition) is 0. The molecular formula is C16H19N3O5. The second kappa shape index (κ2) is 6.78. The fourth-order valence-corrected chi connectivity index (χ4v) is 2.97. The Morgan fingerprint density at radius 3 is 2.79 bits per heavy atom. The molecular weight excluding hydrogens is 314 g/mol. The minimum atomic E-state index is -0.754. The van der Waals surface area contributed by atoms with Crippen LogP contribution < -0.4 is 0 Å². The van der Waals surface area contributed by atoms with Crippen LogP contribution in [0.15, 0.2) is 35.4 Å². The van der Waals surface area contributed by atoms with Crippen LogP contribution in [-0.2, 0) is 18.9 Å². The Labute approximate surface area is 139 Å². The van der Waals surface area contributed by atoms with Gasteiger partial charge in [-0.2, -0.15) is 0 Å². The van der Waals surface area contributed by atoms with E-state index in [0.717, 1.165) is 0 Å². The van der Waals surface area contributed by atoms with Crippen LogP contribution in [0.5, 0.6) is 0 Å². The minimum absolute atomic E-state index is 0.0412. The first kappa shape index (κ1) is 16.7. The van der Waals surface area contributed by atoms with Gasteiger partial charge in [0.25, 0.3) is 0 Å². The number of benzene rings is 1. The third kappa shape index (κ3) is 3.52. The van der Waals surface area contributed by atoms with Crippen molar-refractivity contribution in [2.45, 2.75) is 38.1 Å². The second-order valence-electron chi connectivity index (χ2n) is 6.18. The van der Waals surface area contributed by atoms with Crippen LogP contribution in [0.25, 0.3) is 10.4 Å². The van der Waals surface area contributed by atoms with E-state index in [4.69, 9.17) is 24.5 Å². The molecule has 2 aliphatic rings. The Bertz CT molecular complexity index is 644. The van der Waals surface area contributed by atoms with E-state index in [9.17, 15) is 4.79 Å². The lowest BCUT2D eigenvalue weighted by molar-refractivity contribution is -0.213. The SMILES string of the molecule is CC1(C)O[C@H]2O[C@H](COC(=O)c3ccccc3)[C@@H](CN=[N+]=[N-])[C@H]2O1. The van der Waals surface area contributed by atoms with E-state index in [1.54, 1.807) is 38.1 Å². The molecule has 0 unspecified atom stereocenters. The Balaban J connectivity index is 1.64. The molecule has 0 aliphatic carbocycles. The van der Waals surface area contributed by atoms with Gasteiger partial charge >= 0.3 is 5.97 Å². The molecule has 8 heteroatoms. The molecule has 3 rings (SSSR count). The zero-order valence-corrected chi connectivity index (χ0v) is 13.5. The van der Waals surface area contributed by atoms with Crippen molar-refractivity contribution < 1.29 is 23.7 Å². The largest absolute Gasteiger partial charge is 0.459 e. The summed E-state index contributed by atoms with van der Waals surface area (Å²) in [6.07, 6.45) is -1.36. The van der Waals surface area contributed by atoms with Crippen LogP contribution in [-0.4, -0.2) is 43.4 Å². The minimum Gasteiger partial charge on any atom is -0.459 e. The topological polar surface area (TPSA) is 103 Å². The first-order valence-corrected chi connectivity index (χ1v) is 7.74. The first-order chi connectivity index (χ1) is 11.5. The van der Waals surface area contributed by atoms with Crippen LogP contribution in [0.3, 0.4) is 0 Å². The van der Waals surface area contributed by atoms with E-state index in [0.29, 0.717) is 5.56 Å². The van der Waals surface area contributed by atoms with E-state index in [-0.39, 0.29) is 25.2 Å². The van der Waals surface area contributed by atoms with Crippen molar-refractivity contribution in [2.24, 2.45) is 11.0 Å². The summed E-state index contributed by atoms with van der Waals surface area (Å²) in [6, 6.07) is 8.71. The van der Waals surface area contributed by atoms with Crippen molar-refractivity contribution in [3.05, 3.63) is 46.3 Å². The van der Waals surface area contributed by atoms with Crippen LogP contribution in [0.1, 0.15) is 24.2 Å². The van der Waals surface area contributed by atoms with E-state index in [1.165, 1.54) is 0 Å². The summed E-state index contributed by atoms with van der Waals surface area (Å²) in [5, 5.41) is 3.62. The van der Waals surface area contributed by atoms with Gasteiger partial charge in [0.15, 0.2) is 12.1 Å². The van der Waals surface area contributed by atoms with Crippen molar-refractivity contribution in [1.82, 2.24) is 0 Å². The quantitative estimate of drug-likeness (QED) is 0.357. The maximum absolute atomic E-state index is 12.0. The summed E-state index contributed by atoms with van der Waals surface area (Å²) in [4.78, 5) is 14.8. The van der Waals surface area contributed by atoms with Crippen molar-refractivity contribution in [3.8, 4) is 0 Å². The monoisotopic (exact) mass is 333 g/mol. The lowest BCUT2D eigenvalue weighted by atomic mass is 9.99. The van der Waals surface area contributed by atoms with Crippen LogP contribution in [0.4, 0.5) is 0 Å².